The van der Waals surface area contributed by atoms with Crippen molar-refractivity contribution in [3.05, 3.63) is 59.3 Å². The Morgan fingerprint density at radius 2 is 1.70 bits per heavy atom. The van der Waals surface area contributed by atoms with E-state index in [9.17, 15) is 36.2 Å². The second-order valence-corrected chi connectivity index (χ2v) is 16.4. The molecule has 50 heavy (non-hydrogen) atoms. The minimum Gasteiger partial charge on any atom is -0.506 e. The number of β-amino-alcohol motifs (C(OH)–C–C–N with tert-alkyl or cyclic N) is 1. The van der Waals surface area contributed by atoms with Gasteiger partial charge in [-0.1, -0.05) is 18.2 Å². The molecule has 0 saturated carbocycles. The van der Waals surface area contributed by atoms with Crippen LogP contribution in [0.5, 0.6) is 5.75 Å². The van der Waals surface area contributed by atoms with Crippen LogP contribution in [-0.2, 0) is 35.7 Å². The highest BCUT2D eigenvalue weighted by Gasteiger charge is 2.35. The summed E-state index contributed by atoms with van der Waals surface area (Å²) in [6, 6.07) is 11.1. The fraction of sp³-hybridized carbons (Fsp3) is 0.559. The van der Waals surface area contributed by atoms with E-state index in [0.29, 0.717) is 94.2 Å². The normalized spacial score (nSPS) is 19.5. The summed E-state index contributed by atoms with van der Waals surface area (Å²) in [5.41, 5.74) is 2.24. The number of halogens is 4. The van der Waals surface area contributed by atoms with E-state index in [0.717, 1.165) is 35.5 Å². The molecule has 6 rings (SSSR count). The molecule has 10 nitrogen and oxygen atoms in total. The number of aromatic hydroxyl groups is 1. The summed E-state index contributed by atoms with van der Waals surface area (Å²) in [5.74, 6) is 0.619. The lowest BCUT2D eigenvalue weighted by Crippen LogP contribution is -2.49. The summed E-state index contributed by atoms with van der Waals surface area (Å²) in [6.45, 7) is 5.17. The van der Waals surface area contributed by atoms with Gasteiger partial charge in [0.15, 0.2) is 0 Å². The third-order valence-corrected chi connectivity index (χ3v) is 12.0. The lowest BCUT2D eigenvalue weighted by Gasteiger charge is -2.37. The molecule has 1 unspecified atom stereocenters. The molecule has 3 aliphatic heterocycles. The van der Waals surface area contributed by atoms with Crippen molar-refractivity contribution < 1.29 is 36.2 Å². The number of aliphatic hydroxyl groups is 1. The molecule has 2 fully saturated rings. The van der Waals surface area contributed by atoms with E-state index in [2.05, 4.69) is 14.7 Å². The average Bonchev–Trinajstić information content (AvgIpc) is 3.42. The maximum absolute atomic E-state index is 14.1. The summed E-state index contributed by atoms with van der Waals surface area (Å²) in [6.07, 6.45) is -3.88. The summed E-state index contributed by atoms with van der Waals surface area (Å²) in [5, 5.41) is 26.3. The molecule has 0 bridgehead atoms. The van der Waals surface area contributed by atoms with E-state index in [4.69, 9.17) is 5.10 Å². The number of phenolic OH excluding ortho intramolecular Hbond substituents is 1. The minimum atomic E-state index is -4.57. The quantitative estimate of drug-likeness (QED) is 0.220. The largest absolute Gasteiger partial charge is 0.506 e. The molecule has 0 spiro atoms. The van der Waals surface area contributed by atoms with E-state index < -0.39 is 34.0 Å². The van der Waals surface area contributed by atoms with Crippen LogP contribution in [0.25, 0.3) is 11.3 Å². The molecular formula is C34H44F4N6O4S2. The van der Waals surface area contributed by atoms with E-state index in [1.165, 1.54) is 16.4 Å². The molecule has 3 aromatic rings. The van der Waals surface area contributed by atoms with Crippen molar-refractivity contribution in [2.75, 3.05) is 75.8 Å². The van der Waals surface area contributed by atoms with Crippen molar-refractivity contribution in [3.63, 3.8) is 0 Å². The van der Waals surface area contributed by atoms with Crippen molar-refractivity contribution >= 4 is 27.5 Å². The Kier molecular flexibility index (Phi) is 11.3. The van der Waals surface area contributed by atoms with Gasteiger partial charge in [-0.2, -0.15) is 22.6 Å². The first-order valence-corrected chi connectivity index (χ1v) is 19.8. The molecule has 0 aliphatic carbocycles. The first-order valence-electron chi connectivity index (χ1n) is 16.9. The van der Waals surface area contributed by atoms with Crippen molar-refractivity contribution in [1.82, 2.24) is 23.9 Å². The van der Waals surface area contributed by atoms with Crippen molar-refractivity contribution in [2.24, 2.45) is 0 Å². The molecule has 3 aliphatic rings. The summed E-state index contributed by atoms with van der Waals surface area (Å²) in [4.78, 5) is 6.37. The number of piperidine rings is 1. The van der Waals surface area contributed by atoms with Gasteiger partial charge in [-0.15, -0.1) is 11.8 Å². The molecule has 2 N–H and O–H groups in total. The molecule has 0 radical (unpaired) electrons. The first kappa shape index (κ1) is 36.9. The highest BCUT2D eigenvalue weighted by molar-refractivity contribution is 7.99. The fourth-order valence-corrected chi connectivity index (χ4v) is 8.93. The predicted octanol–water partition coefficient (Wildman–Crippen LogP) is 4.30. The van der Waals surface area contributed by atoms with Gasteiger partial charge in [-0.05, 0) is 37.1 Å². The van der Waals surface area contributed by atoms with Gasteiger partial charge < -0.3 is 20.0 Å². The maximum Gasteiger partial charge on any atom is 0.417 e. The number of aliphatic hydroxyl groups excluding tert-OH is 1. The van der Waals surface area contributed by atoms with Gasteiger partial charge in [0.1, 0.15) is 11.9 Å². The van der Waals surface area contributed by atoms with E-state index in [-0.39, 0.29) is 30.3 Å². The molecule has 16 heteroatoms. The second kappa shape index (κ2) is 15.4. The Morgan fingerprint density at radius 1 is 0.980 bits per heavy atom. The zero-order chi connectivity index (χ0) is 35.6. The number of hydrogen-bond acceptors (Lipinski definition) is 9. The zero-order valence-electron chi connectivity index (χ0n) is 28.0. The number of hydrogen-bond donors (Lipinski definition) is 2. The van der Waals surface area contributed by atoms with Gasteiger partial charge in [0, 0.05) is 99.3 Å². The third kappa shape index (κ3) is 8.76. The number of thioether (sulfide) groups is 1. The SMILES string of the molecule is CS(=O)(=O)N1CCc2c(c(-c3ccc(C(F)(F)F)c(SCCN4CCC(F)CC4)c3)nn2CC(O)CN2CCN(c3ccccc3O)CC2)C1. The van der Waals surface area contributed by atoms with Crippen LogP contribution in [0.2, 0.25) is 0 Å². The molecule has 1 atom stereocenters. The summed E-state index contributed by atoms with van der Waals surface area (Å²) >= 11 is 1.10. The molecule has 274 valence electrons. The second-order valence-electron chi connectivity index (χ2n) is 13.3. The number of sulfonamides is 1. The molecular weight excluding hydrogens is 697 g/mol. The number of anilines is 1. The van der Waals surface area contributed by atoms with Crippen LogP contribution in [0, 0.1) is 0 Å². The van der Waals surface area contributed by atoms with Gasteiger partial charge in [0.05, 0.1) is 35.8 Å². The Labute approximate surface area is 294 Å². The maximum atomic E-state index is 14.1. The standard InChI is InChI=1S/C34H44F4N6O4S2/c1-50(47,48)43-13-10-29-27(23-43)33(24-6-7-28(34(36,37)38)32(20-24)49-19-18-40-11-8-25(35)9-12-40)39-44(29)22-26(45)21-41-14-16-42(17-15-41)30-4-2-3-5-31(30)46/h2-7,20,25-26,45-46H,8-19,21-23H2,1H3. The third-order valence-electron chi connectivity index (χ3n) is 9.76. The fourth-order valence-electron chi connectivity index (χ4n) is 7.02. The highest BCUT2D eigenvalue weighted by Crippen LogP contribution is 2.40. The lowest BCUT2D eigenvalue weighted by atomic mass is 10.0. The Balaban J connectivity index is 1.20. The van der Waals surface area contributed by atoms with Crippen LogP contribution in [0.15, 0.2) is 47.4 Å². The van der Waals surface area contributed by atoms with Crippen LogP contribution in [0.3, 0.4) is 0 Å². The number of phenols is 1. The van der Waals surface area contributed by atoms with Crippen LogP contribution < -0.4 is 4.90 Å². The van der Waals surface area contributed by atoms with Gasteiger partial charge in [0.2, 0.25) is 10.0 Å². The van der Waals surface area contributed by atoms with E-state index in [1.807, 2.05) is 12.1 Å². The number of para-hydroxylation sites is 2. The Bertz CT molecular complexity index is 1740. The number of benzene rings is 2. The number of aromatic nitrogens is 2. The van der Waals surface area contributed by atoms with Crippen molar-refractivity contribution in [1.29, 1.82) is 0 Å². The first-order chi connectivity index (χ1) is 23.8. The van der Waals surface area contributed by atoms with Crippen molar-refractivity contribution in [2.45, 2.75) is 55.7 Å². The van der Waals surface area contributed by atoms with Gasteiger partial charge in [0.25, 0.3) is 0 Å². The highest BCUT2D eigenvalue weighted by atomic mass is 32.2. The molecule has 2 aromatic carbocycles. The molecule has 1 aromatic heterocycles. The topological polar surface area (TPSA) is 105 Å². The molecule has 4 heterocycles. The van der Waals surface area contributed by atoms with E-state index in [1.54, 1.807) is 16.8 Å². The minimum absolute atomic E-state index is 0.0297. The van der Waals surface area contributed by atoms with Crippen LogP contribution in [0.1, 0.15) is 29.7 Å². The zero-order valence-corrected chi connectivity index (χ0v) is 29.7. The molecule has 0 amide bonds. The Hall–Kier alpha value is -2.89. The number of nitrogens with zero attached hydrogens (tertiary/aromatic N) is 6. The number of fused-ring (bicyclic) bond motifs is 1. The summed E-state index contributed by atoms with van der Waals surface area (Å²) < 4.78 is 84.1. The number of rotatable bonds is 11. The lowest BCUT2D eigenvalue weighted by molar-refractivity contribution is -0.139. The molecule has 2 saturated heterocycles. The van der Waals surface area contributed by atoms with Gasteiger partial charge in [-0.25, -0.2) is 12.8 Å². The average molecular weight is 741 g/mol. The smallest absolute Gasteiger partial charge is 0.417 e. The Morgan fingerprint density at radius 3 is 2.38 bits per heavy atom. The monoisotopic (exact) mass is 740 g/mol. The number of alkyl halides is 4. The number of likely N-dealkylation sites (tertiary alicyclic amines) is 1. The van der Waals surface area contributed by atoms with Crippen molar-refractivity contribution in [3.8, 4) is 17.0 Å². The predicted molar refractivity (Wildman–Crippen MR) is 186 cm³/mol. The van der Waals surface area contributed by atoms with Crippen LogP contribution in [-0.4, -0.2) is 126 Å². The number of piperazine rings is 1. The van der Waals surface area contributed by atoms with Gasteiger partial charge >= 0.3 is 6.18 Å². The summed E-state index contributed by atoms with van der Waals surface area (Å²) in [7, 11) is -3.55. The van der Waals surface area contributed by atoms with Crippen LogP contribution >= 0.6 is 11.8 Å². The van der Waals surface area contributed by atoms with Crippen LogP contribution in [0.4, 0.5) is 23.2 Å². The van der Waals surface area contributed by atoms with E-state index >= 15 is 0 Å². The van der Waals surface area contributed by atoms with Gasteiger partial charge in [-0.3, -0.25) is 9.58 Å².